The number of hydrogen-bond donors (Lipinski definition) is 0. The van der Waals surface area contributed by atoms with Gasteiger partial charge in [0.15, 0.2) is 0 Å². The predicted molar refractivity (Wildman–Crippen MR) is 161 cm³/mol. The highest BCUT2D eigenvalue weighted by Gasteiger charge is 2.34. The number of aromatic nitrogens is 4. The first-order chi connectivity index (χ1) is 20.2. The van der Waals surface area contributed by atoms with Gasteiger partial charge in [0.25, 0.3) is 0 Å². The van der Waals surface area contributed by atoms with Gasteiger partial charge in [-0.1, -0.05) is 44.0 Å². The van der Waals surface area contributed by atoms with Gasteiger partial charge in [0.1, 0.15) is 11.2 Å². The Kier molecular flexibility index (Phi) is 6.22. The smallest absolute Gasteiger partial charge is 0.224 e. The van der Waals surface area contributed by atoms with E-state index in [0.717, 1.165) is 57.2 Å². The van der Waals surface area contributed by atoms with E-state index in [9.17, 15) is 8.78 Å². The zero-order valence-corrected chi connectivity index (χ0v) is 24.0. The summed E-state index contributed by atoms with van der Waals surface area (Å²) in [4.78, 5) is 8.16. The van der Waals surface area contributed by atoms with Gasteiger partial charge in [-0.15, -0.1) is 0 Å². The lowest BCUT2D eigenvalue weighted by molar-refractivity contribution is 0.328. The largest absolute Gasteiger partial charge is 0.456 e. The van der Waals surface area contributed by atoms with E-state index in [2.05, 4.69) is 54.7 Å². The molecule has 7 rings (SSSR count). The molecule has 0 unspecified atom stereocenters. The predicted octanol–water partition coefficient (Wildman–Crippen LogP) is 8.96. The second kappa shape index (κ2) is 9.86. The maximum atomic E-state index is 14.5. The first-order valence-electron chi connectivity index (χ1n) is 14.5. The van der Waals surface area contributed by atoms with Crippen molar-refractivity contribution in [2.75, 3.05) is 0 Å². The first-order valence-corrected chi connectivity index (χ1v) is 14.5. The second-order valence-electron chi connectivity index (χ2n) is 12.4. The van der Waals surface area contributed by atoms with Crippen LogP contribution in [0, 0.1) is 17.3 Å². The Labute approximate surface area is 243 Å². The Bertz CT molecular complexity index is 1950. The van der Waals surface area contributed by atoms with Gasteiger partial charge >= 0.3 is 0 Å². The van der Waals surface area contributed by atoms with E-state index < -0.39 is 17.3 Å². The quantitative estimate of drug-likeness (QED) is 0.190. The molecule has 42 heavy (non-hydrogen) atoms. The normalized spacial score (nSPS) is 15.2. The van der Waals surface area contributed by atoms with E-state index in [0.29, 0.717) is 5.69 Å². The molecule has 2 aromatic carbocycles. The van der Waals surface area contributed by atoms with Gasteiger partial charge in [-0.25, -0.2) is 4.68 Å². The van der Waals surface area contributed by atoms with E-state index >= 15 is 0 Å². The summed E-state index contributed by atoms with van der Waals surface area (Å²) >= 11 is 0. The topological polar surface area (TPSA) is 56.7 Å². The molecule has 4 heterocycles. The molecule has 0 amide bonds. The molecule has 7 heteroatoms. The van der Waals surface area contributed by atoms with Gasteiger partial charge in [0.05, 0.1) is 33.7 Å². The Balaban J connectivity index is 1.34. The van der Waals surface area contributed by atoms with Gasteiger partial charge in [0.2, 0.25) is 11.9 Å². The number of hydrogen-bond acceptors (Lipinski definition) is 4. The minimum absolute atomic E-state index is 0.162. The molecule has 1 fully saturated rings. The Morgan fingerprint density at radius 2 is 1.62 bits per heavy atom. The molecule has 212 valence electrons. The molecule has 0 bridgehead atoms. The van der Waals surface area contributed by atoms with Gasteiger partial charge in [-0.2, -0.15) is 18.9 Å². The maximum Gasteiger partial charge on any atom is 0.224 e. The number of fused-ring (bicyclic) bond motifs is 3. The van der Waals surface area contributed by atoms with Crippen molar-refractivity contribution < 1.29 is 13.2 Å². The van der Waals surface area contributed by atoms with E-state index in [1.165, 1.54) is 31.7 Å². The van der Waals surface area contributed by atoms with Crippen LogP contribution in [-0.2, 0) is 11.8 Å². The lowest BCUT2D eigenvalue weighted by atomic mass is 9.82. The van der Waals surface area contributed by atoms with Crippen LogP contribution in [0.25, 0.3) is 38.9 Å². The van der Waals surface area contributed by atoms with E-state index in [-0.39, 0.29) is 11.0 Å². The number of rotatable bonds is 6. The highest BCUT2D eigenvalue weighted by Crippen LogP contribution is 2.42. The van der Waals surface area contributed by atoms with Crippen molar-refractivity contribution in [1.82, 2.24) is 19.7 Å². The molecule has 0 radical (unpaired) electrons. The minimum Gasteiger partial charge on any atom is -0.456 e. The second-order valence-corrected chi connectivity index (χ2v) is 12.4. The van der Waals surface area contributed by atoms with Gasteiger partial charge < -0.3 is 4.42 Å². The van der Waals surface area contributed by atoms with E-state index in [1.54, 1.807) is 6.07 Å². The zero-order chi connectivity index (χ0) is 29.1. The molecule has 0 saturated heterocycles. The van der Waals surface area contributed by atoms with Gasteiger partial charge in [0, 0.05) is 16.5 Å². The third-order valence-electron chi connectivity index (χ3n) is 8.93. The molecular weight excluding hydrogens is 530 g/mol. The van der Waals surface area contributed by atoms with Crippen LogP contribution in [0.1, 0.15) is 63.5 Å². The first kappa shape index (κ1) is 26.5. The molecule has 0 aliphatic heterocycles. The Morgan fingerprint density at radius 1 is 0.833 bits per heavy atom. The number of nitrogens with zero attached hydrogens (tertiary/aromatic N) is 4. The lowest BCUT2D eigenvalue weighted by Crippen LogP contribution is -2.22. The van der Waals surface area contributed by atoms with Crippen molar-refractivity contribution in [2.24, 2.45) is 5.41 Å². The Hall–Kier alpha value is -4.39. The summed E-state index contributed by atoms with van der Waals surface area (Å²) in [5, 5.41) is 7.35. The highest BCUT2D eigenvalue weighted by molar-refractivity contribution is 6.05. The number of pyridine rings is 2. The standard InChI is InChI=1S/C35H32F2N4O/c1-34(2,30-12-8-10-27(38-30)25-14-16-32(36)39-33(25)37)31-20-23(21-35(3)17-6-7-18-35)41(40-31)22-13-15-29-26(19-22)24-9-4-5-11-28(24)42-29/h4-5,8-16,19-20H,6-7,17-18,21H2,1-3H3. The van der Waals surface area contributed by atoms with Crippen molar-refractivity contribution in [3.63, 3.8) is 0 Å². The zero-order valence-electron chi connectivity index (χ0n) is 24.0. The molecule has 1 saturated carbocycles. The molecule has 6 aromatic rings. The lowest BCUT2D eigenvalue weighted by Gasteiger charge is -2.23. The van der Waals surface area contributed by atoms with Gasteiger partial charge in [-0.05, 0) is 93.1 Å². The number of benzene rings is 2. The van der Waals surface area contributed by atoms with Crippen molar-refractivity contribution in [3.8, 4) is 16.9 Å². The SMILES string of the molecule is CC1(Cc2cc(C(C)(C)c3cccc(-c4ccc(F)nc4F)n3)nn2-c2ccc3oc4ccccc4c3c2)CCCC1. The molecule has 0 N–H and O–H groups in total. The van der Waals surface area contributed by atoms with E-state index in [1.807, 2.05) is 36.4 Å². The summed E-state index contributed by atoms with van der Waals surface area (Å²) in [7, 11) is 0. The molecule has 1 aliphatic rings. The molecule has 0 atom stereocenters. The fourth-order valence-corrected chi connectivity index (χ4v) is 6.43. The molecule has 0 spiro atoms. The molecule has 4 aromatic heterocycles. The minimum atomic E-state index is -0.879. The van der Waals surface area contributed by atoms with Gasteiger partial charge in [-0.3, -0.25) is 4.98 Å². The van der Waals surface area contributed by atoms with Crippen molar-refractivity contribution >= 4 is 21.9 Å². The van der Waals surface area contributed by atoms with Crippen molar-refractivity contribution in [1.29, 1.82) is 0 Å². The summed E-state index contributed by atoms with van der Waals surface area (Å²) < 4.78 is 36.2. The number of para-hydroxylation sites is 1. The van der Waals surface area contributed by atoms with E-state index in [4.69, 9.17) is 14.5 Å². The van der Waals surface area contributed by atoms with Crippen LogP contribution in [0.5, 0.6) is 0 Å². The Morgan fingerprint density at radius 3 is 2.43 bits per heavy atom. The monoisotopic (exact) mass is 562 g/mol. The molecule has 1 aliphatic carbocycles. The maximum absolute atomic E-state index is 14.5. The molecular formula is C35H32F2N4O. The third kappa shape index (κ3) is 4.57. The fourth-order valence-electron chi connectivity index (χ4n) is 6.43. The summed E-state index contributed by atoms with van der Waals surface area (Å²) in [6, 6.07) is 24.6. The number of furan rings is 1. The summed E-state index contributed by atoms with van der Waals surface area (Å²) in [6.07, 6.45) is 5.81. The summed E-state index contributed by atoms with van der Waals surface area (Å²) in [6.45, 7) is 6.54. The van der Waals surface area contributed by atoms with Crippen LogP contribution in [-0.4, -0.2) is 19.7 Å². The summed E-state index contributed by atoms with van der Waals surface area (Å²) in [5.74, 6) is -1.74. The van der Waals surface area contributed by atoms with Crippen LogP contribution in [0.2, 0.25) is 0 Å². The average Bonchev–Trinajstić information content (AvgIpc) is 3.70. The van der Waals surface area contributed by atoms with Crippen LogP contribution >= 0.6 is 0 Å². The van der Waals surface area contributed by atoms with Crippen molar-refractivity contribution in [3.05, 3.63) is 108 Å². The van der Waals surface area contributed by atoms with Crippen molar-refractivity contribution in [2.45, 2.75) is 58.3 Å². The fraction of sp³-hybridized carbons (Fsp3) is 0.286. The summed E-state index contributed by atoms with van der Waals surface area (Å²) in [5.41, 5.74) is 5.65. The third-order valence-corrected chi connectivity index (χ3v) is 8.93. The van der Waals surface area contributed by atoms with Crippen LogP contribution in [0.3, 0.4) is 0 Å². The molecule has 5 nitrogen and oxygen atoms in total. The number of halogens is 2. The van der Waals surface area contributed by atoms with Crippen LogP contribution in [0.15, 0.2) is 83.3 Å². The highest BCUT2D eigenvalue weighted by atomic mass is 19.1. The van der Waals surface area contributed by atoms with Crippen LogP contribution < -0.4 is 0 Å². The average molecular weight is 563 g/mol. The van der Waals surface area contributed by atoms with Crippen LogP contribution in [0.4, 0.5) is 8.78 Å².